The van der Waals surface area contributed by atoms with E-state index >= 15 is 0 Å². The van der Waals surface area contributed by atoms with Crippen molar-refractivity contribution in [2.24, 2.45) is 11.1 Å². The third-order valence-corrected chi connectivity index (χ3v) is 4.20. The number of anilines is 1. The van der Waals surface area contributed by atoms with E-state index in [0.717, 1.165) is 28.2 Å². The molecule has 2 aromatic carbocycles. The van der Waals surface area contributed by atoms with Crippen LogP contribution in [0, 0.1) is 12.8 Å². The Bertz CT molecular complexity index is 875. The Morgan fingerprint density at radius 1 is 1.24 bits per heavy atom. The summed E-state index contributed by atoms with van der Waals surface area (Å²) in [5, 5.41) is 6.94. The molecule has 29 heavy (non-hydrogen) atoms. The molecular formula is C23H28N2O4. The predicted molar refractivity (Wildman–Crippen MR) is 116 cm³/mol. The largest absolute Gasteiger partial charge is 0.489 e. The molecule has 0 saturated heterocycles. The number of ether oxygens (including phenoxy) is 2. The molecule has 1 N–H and O–H groups in total. The van der Waals surface area contributed by atoms with Gasteiger partial charge in [-0.25, -0.2) is 4.79 Å². The summed E-state index contributed by atoms with van der Waals surface area (Å²) >= 11 is 0. The Morgan fingerprint density at radius 2 is 2.00 bits per heavy atom. The van der Waals surface area contributed by atoms with Crippen LogP contribution >= 0.6 is 0 Å². The maximum Gasteiger partial charge on any atom is 0.411 e. The summed E-state index contributed by atoms with van der Waals surface area (Å²) in [6, 6.07) is 13.4. The maximum atomic E-state index is 11.5. The smallest absolute Gasteiger partial charge is 0.411 e. The van der Waals surface area contributed by atoms with Gasteiger partial charge in [-0.05, 0) is 42.7 Å². The lowest BCUT2D eigenvalue weighted by Gasteiger charge is -2.15. The Kier molecular flexibility index (Phi) is 8.27. The topological polar surface area (TPSA) is 69.2 Å². The second-order valence-corrected chi connectivity index (χ2v) is 6.76. The van der Waals surface area contributed by atoms with Gasteiger partial charge in [0.15, 0.2) is 0 Å². The van der Waals surface area contributed by atoms with Crippen LogP contribution in [-0.2, 0) is 16.2 Å². The minimum absolute atomic E-state index is 0.210. The van der Waals surface area contributed by atoms with Crippen LogP contribution in [0.3, 0.4) is 0 Å². The summed E-state index contributed by atoms with van der Waals surface area (Å²) in [7, 11) is 1.33. The van der Waals surface area contributed by atoms with E-state index in [1.807, 2.05) is 43.3 Å². The Morgan fingerprint density at radius 3 is 2.66 bits per heavy atom. The number of oxime groups is 1. The number of carbonyl (C=O) groups excluding carboxylic acids is 1. The molecule has 0 radical (unpaired) electrons. The van der Waals surface area contributed by atoms with E-state index in [1.165, 1.54) is 7.11 Å². The molecule has 6 heteroatoms. The van der Waals surface area contributed by atoms with E-state index in [-0.39, 0.29) is 5.92 Å². The third kappa shape index (κ3) is 6.38. The van der Waals surface area contributed by atoms with Crippen molar-refractivity contribution in [3.8, 4) is 5.75 Å². The molecule has 0 aromatic heterocycles. The molecule has 0 heterocycles. The van der Waals surface area contributed by atoms with Gasteiger partial charge >= 0.3 is 6.09 Å². The van der Waals surface area contributed by atoms with E-state index in [4.69, 9.17) is 9.57 Å². The predicted octanol–water partition coefficient (Wildman–Crippen LogP) is 5.32. The SMILES string of the molecule is C=CCO/N=C(/c1ccc(OCc2ccccc2NC(=O)OC)c(C)c1)C(C)C. The van der Waals surface area contributed by atoms with E-state index in [2.05, 4.69) is 35.6 Å². The third-order valence-electron chi connectivity index (χ3n) is 4.20. The number of carbonyl (C=O) groups is 1. The summed E-state index contributed by atoms with van der Waals surface area (Å²) in [5.74, 6) is 0.971. The first kappa shape index (κ1) is 22.0. The number of hydrogen-bond donors (Lipinski definition) is 1. The van der Waals surface area contributed by atoms with E-state index in [0.29, 0.717) is 18.9 Å². The average Bonchev–Trinajstić information content (AvgIpc) is 2.71. The number of hydrogen-bond acceptors (Lipinski definition) is 5. The molecule has 0 spiro atoms. The minimum Gasteiger partial charge on any atom is -0.489 e. The molecule has 154 valence electrons. The second kappa shape index (κ2) is 10.9. The standard InChI is InChI=1S/C23H28N2O4/c1-6-13-29-25-22(16(2)3)18-11-12-21(17(4)14-18)28-15-19-9-7-8-10-20(19)24-23(26)27-5/h6-12,14,16H,1,13,15H2,2-5H3,(H,24,26)/b25-22+. The van der Waals surface area contributed by atoms with Gasteiger partial charge in [0, 0.05) is 11.1 Å². The highest BCUT2D eigenvalue weighted by molar-refractivity contribution is 6.01. The molecule has 0 saturated carbocycles. The van der Waals surface area contributed by atoms with Gasteiger partial charge in [0.25, 0.3) is 0 Å². The van der Waals surface area contributed by atoms with Gasteiger partial charge in [-0.2, -0.15) is 0 Å². The van der Waals surface area contributed by atoms with Gasteiger partial charge in [-0.3, -0.25) is 5.32 Å². The number of nitrogens with one attached hydrogen (secondary N) is 1. The number of methoxy groups -OCH3 is 1. The molecule has 0 aliphatic heterocycles. The van der Waals surface area contributed by atoms with Crippen LogP contribution in [0.25, 0.3) is 0 Å². The van der Waals surface area contributed by atoms with Crippen LogP contribution in [0.5, 0.6) is 5.75 Å². The monoisotopic (exact) mass is 396 g/mol. The van der Waals surface area contributed by atoms with Crippen molar-refractivity contribution >= 4 is 17.5 Å². The van der Waals surface area contributed by atoms with E-state index < -0.39 is 6.09 Å². The molecule has 0 fully saturated rings. The van der Waals surface area contributed by atoms with Crippen molar-refractivity contribution < 1.29 is 19.1 Å². The quantitative estimate of drug-likeness (QED) is 0.270. The molecule has 0 unspecified atom stereocenters. The molecule has 0 aliphatic carbocycles. The first-order valence-corrected chi connectivity index (χ1v) is 9.43. The Labute approximate surface area is 172 Å². The first-order valence-electron chi connectivity index (χ1n) is 9.43. The van der Waals surface area contributed by atoms with Crippen LogP contribution in [-0.4, -0.2) is 25.5 Å². The van der Waals surface area contributed by atoms with Gasteiger partial charge in [0.05, 0.1) is 18.5 Å². The summed E-state index contributed by atoms with van der Waals surface area (Å²) in [6.45, 7) is 10.4. The lowest BCUT2D eigenvalue weighted by molar-refractivity contribution is 0.173. The molecular weight excluding hydrogens is 368 g/mol. The number of para-hydroxylation sites is 1. The highest BCUT2D eigenvalue weighted by Gasteiger charge is 2.13. The van der Waals surface area contributed by atoms with Crippen molar-refractivity contribution in [3.63, 3.8) is 0 Å². The minimum atomic E-state index is -0.517. The Hall–Kier alpha value is -3.28. The zero-order valence-electron chi connectivity index (χ0n) is 17.4. The summed E-state index contributed by atoms with van der Waals surface area (Å²) < 4.78 is 10.7. The van der Waals surface area contributed by atoms with Crippen LogP contribution in [0.1, 0.15) is 30.5 Å². The van der Waals surface area contributed by atoms with Gasteiger partial charge in [-0.1, -0.05) is 49.9 Å². The molecule has 0 bridgehead atoms. The molecule has 0 aliphatic rings. The molecule has 2 aromatic rings. The number of aryl methyl sites for hydroxylation is 1. The number of amides is 1. The van der Waals surface area contributed by atoms with Gasteiger partial charge in [-0.15, -0.1) is 0 Å². The van der Waals surface area contributed by atoms with Crippen molar-refractivity contribution in [2.45, 2.75) is 27.4 Å². The van der Waals surface area contributed by atoms with Crippen molar-refractivity contribution in [2.75, 3.05) is 19.0 Å². The van der Waals surface area contributed by atoms with Crippen LogP contribution in [0.15, 0.2) is 60.3 Å². The van der Waals surface area contributed by atoms with Gasteiger partial charge in [0.2, 0.25) is 0 Å². The summed E-state index contributed by atoms with van der Waals surface area (Å²) in [4.78, 5) is 16.8. The van der Waals surface area contributed by atoms with Crippen molar-refractivity contribution in [1.29, 1.82) is 0 Å². The fourth-order valence-corrected chi connectivity index (χ4v) is 2.71. The van der Waals surface area contributed by atoms with E-state index in [1.54, 1.807) is 12.1 Å². The summed E-state index contributed by atoms with van der Waals surface area (Å²) in [6.07, 6.45) is 1.15. The molecule has 0 atom stereocenters. The fourth-order valence-electron chi connectivity index (χ4n) is 2.71. The number of rotatable bonds is 9. The fraction of sp³-hybridized carbons (Fsp3) is 0.304. The number of benzene rings is 2. The van der Waals surface area contributed by atoms with Gasteiger partial charge < -0.3 is 14.3 Å². The molecule has 6 nitrogen and oxygen atoms in total. The normalized spacial score (nSPS) is 11.1. The molecule has 2 rings (SSSR count). The first-order chi connectivity index (χ1) is 14.0. The maximum absolute atomic E-state index is 11.5. The van der Waals surface area contributed by atoms with E-state index in [9.17, 15) is 4.79 Å². The zero-order chi connectivity index (χ0) is 21.2. The van der Waals surface area contributed by atoms with Crippen molar-refractivity contribution in [1.82, 2.24) is 0 Å². The second-order valence-electron chi connectivity index (χ2n) is 6.76. The zero-order valence-corrected chi connectivity index (χ0v) is 17.4. The van der Waals surface area contributed by atoms with Crippen molar-refractivity contribution in [3.05, 3.63) is 71.8 Å². The lowest BCUT2D eigenvalue weighted by atomic mass is 9.98. The lowest BCUT2D eigenvalue weighted by Crippen LogP contribution is -2.13. The van der Waals surface area contributed by atoms with Crippen LogP contribution < -0.4 is 10.1 Å². The Balaban J connectivity index is 2.15. The summed E-state index contributed by atoms with van der Waals surface area (Å²) in [5.41, 5.74) is 4.35. The van der Waals surface area contributed by atoms with Gasteiger partial charge in [0.1, 0.15) is 19.0 Å². The highest BCUT2D eigenvalue weighted by atomic mass is 16.6. The number of nitrogens with zero attached hydrogens (tertiary/aromatic N) is 1. The van der Waals surface area contributed by atoms with Crippen LogP contribution in [0.2, 0.25) is 0 Å². The highest BCUT2D eigenvalue weighted by Crippen LogP contribution is 2.24. The average molecular weight is 396 g/mol. The van der Waals surface area contributed by atoms with Crippen LogP contribution in [0.4, 0.5) is 10.5 Å². The molecule has 1 amide bonds.